The fourth-order valence-corrected chi connectivity index (χ4v) is 3.34. The zero-order chi connectivity index (χ0) is 17.9. The molecule has 0 saturated heterocycles. The number of halogens is 1. The summed E-state index contributed by atoms with van der Waals surface area (Å²) < 4.78 is 17.5. The summed E-state index contributed by atoms with van der Waals surface area (Å²) in [4.78, 5) is 15.2. The van der Waals surface area contributed by atoms with Crippen LogP contribution in [0.4, 0.5) is 4.39 Å². The van der Waals surface area contributed by atoms with E-state index in [0.29, 0.717) is 24.0 Å². The Morgan fingerprint density at radius 2 is 2.04 bits per heavy atom. The first kappa shape index (κ1) is 16.4. The topological polar surface area (TPSA) is 70.7 Å². The lowest BCUT2D eigenvalue weighted by Gasteiger charge is -2.06. The molecule has 130 valence electrons. The number of H-pyrrole nitrogens is 1. The van der Waals surface area contributed by atoms with Crippen molar-refractivity contribution in [2.75, 3.05) is 6.54 Å². The molecule has 0 radical (unpaired) electrons. The van der Waals surface area contributed by atoms with Crippen LogP contribution >= 0.6 is 11.5 Å². The van der Waals surface area contributed by atoms with E-state index < -0.39 is 0 Å². The summed E-state index contributed by atoms with van der Waals surface area (Å²) in [5.41, 5.74) is 3.79. The van der Waals surface area contributed by atoms with E-state index >= 15 is 0 Å². The quantitative estimate of drug-likeness (QED) is 0.564. The van der Waals surface area contributed by atoms with E-state index in [2.05, 4.69) is 19.9 Å². The lowest BCUT2D eigenvalue weighted by Crippen LogP contribution is -2.25. The molecular formula is C19H15FN4OS. The largest absolute Gasteiger partial charge is 0.359 e. The lowest BCUT2D eigenvalue weighted by molar-refractivity contribution is 0.0954. The predicted molar refractivity (Wildman–Crippen MR) is 99.6 cm³/mol. The minimum Gasteiger partial charge on any atom is -0.359 e. The van der Waals surface area contributed by atoms with E-state index in [-0.39, 0.29) is 11.7 Å². The molecule has 2 N–H and O–H groups in total. The molecule has 5 nitrogen and oxygen atoms in total. The standard InChI is InChI=1S/C19H15FN4OS/c20-16-3-1-2-15-14(10-22-18(15)16)8-9-21-19(25)13-6-4-12(5-7-13)17-11-26-24-23-17/h1-7,10-11,22H,8-9H2,(H,21,25). The molecular weight excluding hydrogens is 351 g/mol. The van der Waals surface area contributed by atoms with E-state index in [1.165, 1.54) is 17.6 Å². The summed E-state index contributed by atoms with van der Waals surface area (Å²) in [6, 6.07) is 12.2. The molecule has 0 bridgehead atoms. The van der Waals surface area contributed by atoms with Crippen LogP contribution in [0.5, 0.6) is 0 Å². The van der Waals surface area contributed by atoms with Crippen LogP contribution in [0, 0.1) is 5.82 Å². The molecule has 1 amide bonds. The van der Waals surface area contributed by atoms with Crippen molar-refractivity contribution in [1.82, 2.24) is 19.9 Å². The van der Waals surface area contributed by atoms with Gasteiger partial charge in [-0.25, -0.2) is 4.39 Å². The van der Waals surface area contributed by atoms with E-state index in [4.69, 9.17) is 0 Å². The summed E-state index contributed by atoms with van der Waals surface area (Å²) in [7, 11) is 0. The van der Waals surface area contributed by atoms with Crippen LogP contribution in [0.15, 0.2) is 54.0 Å². The van der Waals surface area contributed by atoms with Crippen LogP contribution in [-0.2, 0) is 6.42 Å². The van der Waals surface area contributed by atoms with Gasteiger partial charge in [-0.2, -0.15) is 0 Å². The average Bonchev–Trinajstić information content (AvgIpc) is 3.33. The fraction of sp³-hybridized carbons (Fsp3) is 0.105. The number of aromatic amines is 1. The van der Waals surface area contributed by atoms with Gasteiger partial charge in [0.1, 0.15) is 11.5 Å². The lowest BCUT2D eigenvalue weighted by atomic mass is 10.1. The predicted octanol–water partition coefficient (Wildman–Crippen LogP) is 3.80. The highest BCUT2D eigenvalue weighted by molar-refractivity contribution is 7.03. The highest BCUT2D eigenvalue weighted by Crippen LogP contribution is 2.21. The second-order valence-corrected chi connectivity index (χ2v) is 6.46. The van der Waals surface area contributed by atoms with Gasteiger partial charge in [-0.1, -0.05) is 28.8 Å². The number of carbonyl (C=O) groups excluding carboxylic acids is 1. The van der Waals surface area contributed by atoms with Crippen molar-refractivity contribution in [2.24, 2.45) is 0 Å². The van der Waals surface area contributed by atoms with Crippen LogP contribution in [0.25, 0.3) is 22.2 Å². The number of hydrogen-bond donors (Lipinski definition) is 2. The number of rotatable bonds is 5. The van der Waals surface area contributed by atoms with Crippen molar-refractivity contribution >= 4 is 28.3 Å². The maximum atomic E-state index is 13.7. The molecule has 0 spiro atoms. The first-order valence-electron chi connectivity index (χ1n) is 8.12. The summed E-state index contributed by atoms with van der Waals surface area (Å²) >= 11 is 1.29. The number of amides is 1. The first-order valence-corrected chi connectivity index (χ1v) is 8.96. The molecule has 0 aliphatic carbocycles. The molecule has 2 heterocycles. The minimum atomic E-state index is -0.270. The Labute approximate surface area is 153 Å². The molecule has 0 saturated carbocycles. The molecule has 0 fully saturated rings. The van der Waals surface area contributed by atoms with Gasteiger partial charge in [0.15, 0.2) is 0 Å². The van der Waals surface area contributed by atoms with Gasteiger partial charge >= 0.3 is 0 Å². The van der Waals surface area contributed by atoms with Gasteiger partial charge in [0.05, 0.1) is 5.52 Å². The Morgan fingerprint density at radius 3 is 2.81 bits per heavy atom. The molecule has 4 aromatic rings. The van der Waals surface area contributed by atoms with Crippen LogP contribution in [0.1, 0.15) is 15.9 Å². The number of carbonyl (C=O) groups is 1. The number of nitrogens with one attached hydrogen (secondary N) is 2. The van der Waals surface area contributed by atoms with Crippen molar-refractivity contribution in [3.8, 4) is 11.3 Å². The van der Waals surface area contributed by atoms with E-state index in [0.717, 1.165) is 22.2 Å². The number of hydrogen-bond acceptors (Lipinski definition) is 4. The van der Waals surface area contributed by atoms with Crippen LogP contribution in [0.3, 0.4) is 0 Å². The van der Waals surface area contributed by atoms with Crippen molar-refractivity contribution in [1.29, 1.82) is 0 Å². The number of aromatic nitrogens is 3. The highest BCUT2D eigenvalue weighted by atomic mass is 32.1. The molecule has 0 unspecified atom stereocenters. The Bertz CT molecular complexity index is 1040. The minimum absolute atomic E-state index is 0.140. The van der Waals surface area contributed by atoms with Crippen LogP contribution in [-0.4, -0.2) is 27.0 Å². The molecule has 2 aromatic carbocycles. The third kappa shape index (κ3) is 3.21. The Balaban J connectivity index is 1.38. The van der Waals surface area contributed by atoms with Crippen molar-refractivity contribution in [2.45, 2.75) is 6.42 Å². The molecule has 0 aliphatic heterocycles. The summed E-state index contributed by atoms with van der Waals surface area (Å²) in [5, 5.41) is 9.61. The second-order valence-electron chi connectivity index (χ2n) is 5.85. The Morgan fingerprint density at radius 1 is 1.19 bits per heavy atom. The van der Waals surface area contributed by atoms with Gasteiger partial charge in [-0.3, -0.25) is 4.79 Å². The maximum absolute atomic E-state index is 13.7. The zero-order valence-corrected chi connectivity index (χ0v) is 14.5. The van der Waals surface area contributed by atoms with E-state index in [1.54, 1.807) is 24.4 Å². The number of benzene rings is 2. The molecule has 0 atom stereocenters. The van der Waals surface area contributed by atoms with Gasteiger partial charge in [0, 0.05) is 34.6 Å². The molecule has 2 aromatic heterocycles. The molecule has 0 aliphatic rings. The van der Waals surface area contributed by atoms with E-state index in [1.807, 2.05) is 23.6 Å². The number of para-hydroxylation sites is 1. The smallest absolute Gasteiger partial charge is 0.251 e. The van der Waals surface area contributed by atoms with Gasteiger partial charge in [0.2, 0.25) is 0 Å². The maximum Gasteiger partial charge on any atom is 0.251 e. The third-order valence-electron chi connectivity index (χ3n) is 4.23. The van der Waals surface area contributed by atoms with Crippen LogP contribution in [0.2, 0.25) is 0 Å². The molecule has 7 heteroatoms. The summed E-state index contributed by atoms with van der Waals surface area (Å²) in [6.07, 6.45) is 2.41. The van der Waals surface area contributed by atoms with Crippen molar-refractivity contribution in [3.63, 3.8) is 0 Å². The van der Waals surface area contributed by atoms with Crippen molar-refractivity contribution in [3.05, 3.63) is 71.0 Å². The van der Waals surface area contributed by atoms with Gasteiger partial charge in [0.25, 0.3) is 5.91 Å². The zero-order valence-electron chi connectivity index (χ0n) is 13.7. The average molecular weight is 366 g/mol. The van der Waals surface area contributed by atoms with E-state index in [9.17, 15) is 9.18 Å². The van der Waals surface area contributed by atoms with Crippen molar-refractivity contribution < 1.29 is 9.18 Å². The Kier molecular flexibility index (Phi) is 4.45. The second kappa shape index (κ2) is 7.05. The summed E-state index contributed by atoms with van der Waals surface area (Å²) in [6.45, 7) is 0.472. The first-order chi connectivity index (χ1) is 12.7. The monoisotopic (exact) mass is 366 g/mol. The number of nitrogens with zero attached hydrogens (tertiary/aromatic N) is 2. The molecule has 4 rings (SSSR count). The van der Waals surface area contributed by atoms with Gasteiger partial charge < -0.3 is 10.3 Å². The van der Waals surface area contributed by atoms with Gasteiger partial charge in [-0.05, 0) is 41.7 Å². The van der Waals surface area contributed by atoms with Gasteiger partial charge in [-0.15, -0.1) is 5.10 Å². The molecule has 26 heavy (non-hydrogen) atoms. The Hall–Kier alpha value is -3.06. The highest BCUT2D eigenvalue weighted by Gasteiger charge is 2.09. The normalized spacial score (nSPS) is 11.0. The van der Waals surface area contributed by atoms with Crippen LogP contribution < -0.4 is 5.32 Å². The fourth-order valence-electron chi connectivity index (χ4n) is 2.88. The number of fused-ring (bicyclic) bond motifs is 1. The third-order valence-corrected chi connectivity index (χ3v) is 4.74. The SMILES string of the molecule is O=C(NCCc1c[nH]c2c(F)cccc12)c1ccc(-c2csnn2)cc1. The summed E-state index contributed by atoms with van der Waals surface area (Å²) in [5.74, 6) is -0.410.